The zero-order chi connectivity index (χ0) is 12.4. The van der Waals surface area contributed by atoms with Crippen molar-refractivity contribution in [3.8, 4) is 0 Å². The fourth-order valence-electron chi connectivity index (χ4n) is 2.44. The van der Waals surface area contributed by atoms with Crippen LogP contribution < -0.4 is 0 Å². The Labute approximate surface area is 111 Å². The molecule has 5 heteroatoms. The number of rotatable bonds is 3. The summed E-state index contributed by atoms with van der Waals surface area (Å²) in [5, 5.41) is 8.29. The van der Waals surface area contributed by atoms with Gasteiger partial charge in [-0.25, -0.2) is 0 Å². The van der Waals surface area contributed by atoms with Crippen LogP contribution in [0.1, 0.15) is 42.6 Å². The van der Waals surface area contributed by atoms with E-state index in [9.17, 15) is 0 Å². The van der Waals surface area contributed by atoms with Crippen molar-refractivity contribution in [2.75, 3.05) is 13.6 Å². The molecule has 0 bridgehead atoms. The van der Waals surface area contributed by atoms with E-state index in [2.05, 4.69) is 38.9 Å². The third-order valence-electron chi connectivity index (χ3n) is 3.48. The minimum atomic E-state index is 0.308. The summed E-state index contributed by atoms with van der Waals surface area (Å²) in [5.41, 5.74) is 1.25. The quantitative estimate of drug-likeness (QED) is 0.854. The smallest absolute Gasteiger partial charge is 0.243 e. The van der Waals surface area contributed by atoms with Gasteiger partial charge in [-0.1, -0.05) is 11.6 Å². The van der Waals surface area contributed by atoms with Crippen LogP contribution >= 0.6 is 11.3 Å². The van der Waals surface area contributed by atoms with Gasteiger partial charge in [-0.05, 0) is 48.8 Å². The SMILES string of the molecule is CN1CCCC[C@@H]1c1nc(Cc2ccsc2)no1. The largest absolute Gasteiger partial charge is 0.338 e. The second-order valence-corrected chi connectivity index (χ2v) is 5.63. The van der Waals surface area contributed by atoms with Gasteiger partial charge in [0.1, 0.15) is 0 Å². The van der Waals surface area contributed by atoms with Crippen LogP contribution in [-0.4, -0.2) is 28.6 Å². The Morgan fingerprint density at radius 1 is 1.50 bits per heavy atom. The van der Waals surface area contributed by atoms with E-state index in [-0.39, 0.29) is 0 Å². The van der Waals surface area contributed by atoms with Crippen molar-refractivity contribution in [1.82, 2.24) is 15.0 Å². The average molecular weight is 263 g/mol. The molecule has 2 aromatic heterocycles. The molecule has 1 fully saturated rings. The molecular weight excluding hydrogens is 246 g/mol. The maximum Gasteiger partial charge on any atom is 0.243 e. The molecule has 0 spiro atoms. The molecule has 2 aromatic rings. The van der Waals surface area contributed by atoms with E-state index in [0.29, 0.717) is 6.04 Å². The van der Waals surface area contributed by atoms with E-state index in [4.69, 9.17) is 4.52 Å². The van der Waals surface area contributed by atoms with Crippen molar-refractivity contribution in [3.05, 3.63) is 34.1 Å². The third-order valence-corrected chi connectivity index (χ3v) is 4.21. The van der Waals surface area contributed by atoms with Gasteiger partial charge in [0.05, 0.1) is 6.04 Å². The summed E-state index contributed by atoms with van der Waals surface area (Å²) in [4.78, 5) is 6.86. The highest BCUT2D eigenvalue weighted by molar-refractivity contribution is 7.07. The topological polar surface area (TPSA) is 42.2 Å². The monoisotopic (exact) mass is 263 g/mol. The normalized spacial score (nSPS) is 21.3. The number of likely N-dealkylation sites (tertiary alicyclic amines) is 1. The molecule has 3 rings (SSSR count). The molecule has 4 nitrogen and oxygen atoms in total. The number of hydrogen-bond donors (Lipinski definition) is 0. The number of piperidine rings is 1. The van der Waals surface area contributed by atoms with Gasteiger partial charge in [-0.15, -0.1) is 0 Å². The first-order chi connectivity index (χ1) is 8.83. The standard InChI is InChI=1S/C13H17N3OS/c1-16-6-3-2-4-11(16)13-14-12(15-17-13)8-10-5-7-18-9-10/h5,7,9,11H,2-4,6,8H2,1H3/t11-/m1/s1. The molecule has 18 heavy (non-hydrogen) atoms. The summed E-state index contributed by atoms with van der Waals surface area (Å²) in [6.07, 6.45) is 4.40. The second-order valence-electron chi connectivity index (χ2n) is 4.85. The highest BCUT2D eigenvalue weighted by Gasteiger charge is 2.25. The zero-order valence-corrected chi connectivity index (χ0v) is 11.3. The van der Waals surface area contributed by atoms with E-state index < -0.39 is 0 Å². The highest BCUT2D eigenvalue weighted by atomic mass is 32.1. The zero-order valence-electron chi connectivity index (χ0n) is 10.5. The summed E-state index contributed by atoms with van der Waals surface area (Å²) >= 11 is 1.70. The molecule has 1 aliphatic heterocycles. The highest BCUT2D eigenvalue weighted by Crippen LogP contribution is 2.28. The van der Waals surface area contributed by atoms with Crippen LogP contribution in [0.5, 0.6) is 0 Å². The molecule has 1 aliphatic rings. The minimum Gasteiger partial charge on any atom is -0.338 e. The summed E-state index contributed by atoms with van der Waals surface area (Å²) in [7, 11) is 2.13. The predicted octanol–water partition coefficient (Wildman–Crippen LogP) is 2.88. The van der Waals surface area contributed by atoms with Gasteiger partial charge in [0.25, 0.3) is 0 Å². The first-order valence-electron chi connectivity index (χ1n) is 6.37. The third kappa shape index (κ3) is 2.47. The number of aromatic nitrogens is 2. The first-order valence-corrected chi connectivity index (χ1v) is 7.31. The maximum atomic E-state index is 5.42. The Hall–Kier alpha value is -1.20. The minimum absolute atomic E-state index is 0.308. The number of hydrogen-bond acceptors (Lipinski definition) is 5. The van der Waals surface area contributed by atoms with Crippen molar-refractivity contribution in [1.29, 1.82) is 0 Å². The molecule has 96 valence electrons. The van der Waals surface area contributed by atoms with Crippen LogP contribution in [0.3, 0.4) is 0 Å². The van der Waals surface area contributed by atoms with Gasteiger partial charge in [0.15, 0.2) is 5.82 Å². The van der Waals surface area contributed by atoms with Gasteiger partial charge in [-0.2, -0.15) is 16.3 Å². The van der Waals surface area contributed by atoms with Gasteiger partial charge < -0.3 is 4.52 Å². The van der Waals surface area contributed by atoms with Crippen LogP contribution in [0.25, 0.3) is 0 Å². The fourth-order valence-corrected chi connectivity index (χ4v) is 3.11. The van der Waals surface area contributed by atoms with E-state index in [1.165, 1.54) is 18.4 Å². The van der Waals surface area contributed by atoms with E-state index >= 15 is 0 Å². The molecule has 0 unspecified atom stereocenters. The van der Waals surface area contributed by atoms with Crippen LogP contribution in [0, 0.1) is 0 Å². The Kier molecular flexibility index (Phi) is 3.43. The summed E-state index contributed by atoms with van der Waals surface area (Å²) in [6.45, 7) is 1.12. The van der Waals surface area contributed by atoms with E-state index in [0.717, 1.165) is 31.1 Å². The van der Waals surface area contributed by atoms with Crippen LogP contribution in [0.4, 0.5) is 0 Å². The first kappa shape index (κ1) is 11.9. The molecule has 0 aliphatic carbocycles. The Bertz CT molecular complexity index is 494. The van der Waals surface area contributed by atoms with E-state index in [1.807, 2.05) is 0 Å². The van der Waals surface area contributed by atoms with Gasteiger partial charge in [-0.3, -0.25) is 4.90 Å². The summed E-state index contributed by atoms with van der Waals surface area (Å²) in [6, 6.07) is 2.41. The lowest BCUT2D eigenvalue weighted by atomic mass is 10.0. The average Bonchev–Trinajstić information content (AvgIpc) is 3.02. The number of nitrogens with zero attached hydrogens (tertiary/aromatic N) is 3. The predicted molar refractivity (Wildman–Crippen MR) is 70.6 cm³/mol. The van der Waals surface area contributed by atoms with Gasteiger partial charge >= 0.3 is 0 Å². The Morgan fingerprint density at radius 2 is 2.44 bits per heavy atom. The van der Waals surface area contributed by atoms with E-state index in [1.54, 1.807) is 11.3 Å². The van der Waals surface area contributed by atoms with Crippen LogP contribution in [0.2, 0.25) is 0 Å². The maximum absolute atomic E-state index is 5.42. The molecular formula is C13H17N3OS. The second kappa shape index (κ2) is 5.20. The van der Waals surface area contributed by atoms with Crippen molar-refractivity contribution >= 4 is 11.3 Å². The van der Waals surface area contributed by atoms with Crippen molar-refractivity contribution < 1.29 is 4.52 Å². The van der Waals surface area contributed by atoms with Crippen LogP contribution in [0.15, 0.2) is 21.3 Å². The lowest BCUT2D eigenvalue weighted by Crippen LogP contribution is -2.29. The Morgan fingerprint density at radius 3 is 3.22 bits per heavy atom. The molecule has 3 heterocycles. The molecule has 0 radical (unpaired) electrons. The van der Waals surface area contributed by atoms with Gasteiger partial charge in [0.2, 0.25) is 5.89 Å². The summed E-state index contributed by atoms with van der Waals surface area (Å²) < 4.78 is 5.42. The van der Waals surface area contributed by atoms with Crippen molar-refractivity contribution in [3.63, 3.8) is 0 Å². The molecule has 0 saturated carbocycles. The fraction of sp³-hybridized carbons (Fsp3) is 0.538. The lowest BCUT2D eigenvalue weighted by molar-refractivity contribution is 0.150. The Balaban J connectivity index is 1.72. The summed E-state index contributed by atoms with van der Waals surface area (Å²) in [5.74, 6) is 1.57. The molecule has 0 aromatic carbocycles. The lowest BCUT2D eigenvalue weighted by Gasteiger charge is -2.29. The molecule has 1 atom stereocenters. The number of thiophene rings is 1. The molecule has 1 saturated heterocycles. The molecule has 0 amide bonds. The van der Waals surface area contributed by atoms with Crippen LogP contribution in [-0.2, 0) is 6.42 Å². The van der Waals surface area contributed by atoms with Gasteiger partial charge in [0, 0.05) is 6.42 Å². The van der Waals surface area contributed by atoms with Crippen molar-refractivity contribution in [2.24, 2.45) is 0 Å². The molecule has 0 N–H and O–H groups in total. The van der Waals surface area contributed by atoms with Crippen molar-refractivity contribution in [2.45, 2.75) is 31.7 Å².